The molecule has 0 saturated carbocycles. The lowest BCUT2D eigenvalue weighted by Gasteiger charge is -2.30. The summed E-state index contributed by atoms with van der Waals surface area (Å²) in [5, 5.41) is 5.53. The van der Waals surface area contributed by atoms with Crippen molar-refractivity contribution < 1.29 is 17.9 Å². The van der Waals surface area contributed by atoms with Gasteiger partial charge in [0.2, 0.25) is 10.0 Å². The second-order valence-electron chi connectivity index (χ2n) is 10.3. The van der Waals surface area contributed by atoms with E-state index in [1.165, 1.54) is 11.8 Å². The summed E-state index contributed by atoms with van der Waals surface area (Å²) < 4.78 is 35.9. The van der Waals surface area contributed by atoms with Crippen LogP contribution < -0.4 is 0 Å². The molecule has 2 aromatic carbocycles. The zero-order valence-electron chi connectivity index (χ0n) is 22.3. The maximum Gasteiger partial charge on any atom is 0.286 e. The normalized spacial score (nSPS) is 21.7. The third-order valence-electron chi connectivity index (χ3n) is 7.31. The number of carbonyl (C=O) groups is 1. The van der Waals surface area contributed by atoms with Crippen LogP contribution in [0.15, 0.2) is 75.6 Å². The van der Waals surface area contributed by atoms with Crippen molar-refractivity contribution in [3.8, 4) is 16.9 Å². The maximum absolute atomic E-state index is 13.5. The molecule has 3 aromatic rings. The van der Waals surface area contributed by atoms with Crippen LogP contribution in [0.1, 0.15) is 25.3 Å². The summed E-state index contributed by atoms with van der Waals surface area (Å²) in [4.78, 5) is 20.0. The molecule has 4 heterocycles. The van der Waals surface area contributed by atoms with Crippen molar-refractivity contribution >= 4 is 38.9 Å². The lowest BCUT2D eigenvalue weighted by molar-refractivity contribution is -0.113. The van der Waals surface area contributed by atoms with Gasteiger partial charge in [-0.3, -0.25) is 4.79 Å². The number of amidine groups is 1. The largest absolute Gasteiger partial charge is 0.378 e. The van der Waals surface area contributed by atoms with E-state index in [2.05, 4.69) is 16.8 Å². The summed E-state index contributed by atoms with van der Waals surface area (Å²) >= 11 is 1.35. The topological polar surface area (TPSA) is 97.1 Å². The number of rotatable bonds is 5. The van der Waals surface area contributed by atoms with Crippen molar-refractivity contribution in [1.82, 2.24) is 19.0 Å². The predicted octanol–water partition coefficient (Wildman–Crippen LogP) is 4.26. The number of carbonyl (C=O) groups excluding carboxylic acids is 1. The highest BCUT2D eigenvalue weighted by atomic mass is 32.2. The number of ether oxygens (including phenoxy) is 1. The standard InChI is InChI=1S/C29H31N5O4S2/c1-21-7-6-12-33(19-21)40(36,37)25-11-5-8-22(17-25)27-23(20-34(31-27)24-9-3-2-4-10-24)18-26-28(35)30-29(39-26)32-13-15-38-16-14-32/h2-5,8-11,17-18,20-21H,6-7,12-16,19H2,1H3/b26-18-. The smallest absolute Gasteiger partial charge is 0.286 e. The van der Waals surface area contributed by atoms with Gasteiger partial charge in [0.1, 0.15) is 5.69 Å². The third kappa shape index (κ3) is 5.51. The van der Waals surface area contributed by atoms with Crippen molar-refractivity contribution in [3.63, 3.8) is 0 Å². The predicted molar refractivity (Wildman–Crippen MR) is 157 cm³/mol. The van der Waals surface area contributed by atoms with E-state index in [1.54, 1.807) is 33.3 Å². The summed E-state index contributed by atoms with van der Waals surface area (Å²) in [5.74, 6) is 0.0398. The van der Waals surface area contributed by atoms with Gasteiger partial charge in [-0.15, -0.1) is 0 Å². The number of hydrogen-bond donors (Lipinski definition) is 0. The Balaban J connectivity index is 1.37. The van der Waals surface area contributed by atoms with Crippen molar-refractivity contribution in [2.45, 2.75) is 24.7 Å². The van der Waals surface area contributed by atoms with E-state index in [-0.39, 0.29) is 10.8 Å². The number of para-hydroxylation sites is 1. The highest BCUT2D eigenvalue weighted by Crippen LogP contribution is 2.34. The lowest BCUT2D eigenvalue weighted by atomic mass is 10.0. The number of aromatic nitrogens is 2. The molecule has 3 aliphatic rings. The summed E-state index contributed by atoms with van der Waals surface area (Å²) in [5.41, 5.74) is 2.82. The minimum absolute atomic E-state index is 0.246. The van der Waals surface area contributed by atoms with Crippen LogP contribution in [0.3, 0.4) is 0 Å². The Kier molecular flexibility index (Phi) is 7.63. The molecule has 40 heavy (non-hydrogen) atoms. The molecule has 1 aromatic heterocycles. The van der Waals surface area contributed by atoms with Crippen LogP contribution in [0.2, 0.25) is 0 Å². The van der Waals surface area contributed by atoms with Gasteiger partial charge >= 0.3 is 0 Å². The average Bonchev–Trinajstić information content (AvgIpc) is 3.58. The van der Waals surface area contributed by atoms with Crippen LogP contribution >= 0.6 is 11.8 Å². The number of amides is 1. The quantitative estimate of drug-likeness (QED) is 0.418. The summed E-state index contributed by atoms with van der Waals surface area (Å²) in [6, 6.07) is 16.6. The zero-order chi connectivity index (χ0) is 27.7. The van der Waals surface area contributed by atoms with Crippen molar-refractivity contribution in [3.05, 3.63) is 71.3 Å². The number of nitrogens with zero attached hydrogens (tertiary/aromatic N) is 5. The van der Waals surface area contributed by atoms with Gasteiger partial charge in [-0.05, 0) is 60.9 Å². The second-order valence-corrected chi connectivity index (χ2v) is 13.2. The Bertz CT molecular complexity index is 1580. The molecule has 0 aliphatic carbocycles. The van der Waals surface area contributed by atoms with Crippen LogP contribution in [0.25, 0.3) is 23.0 Å². The van der Waals surface area contributed by atoms with Crippen LogP contribution in [-0.2, 0) is 19.6 Å². The summed E-state index contributed by atoms with van der Waals surface area (Å²) in [6.07, 6.45) is 5.57. The highest BCUT2D eigenvalue weighted by Gasteiger charge is 2.30. The molecule has 1 amide bonds. The number of sulfonamides is 1. The van der Waals surface area contributed by atoms with E-state index >= 15 is 0 Å². The average molecular weight is 578 g/mol. The number of aliphatic imine (C=N–C) groups is 1. The number of hydrogen-bond acceptors (Lipinski definition) is 7. The van der Waals surface area contributed by atoms with Gasteiger partial charge < -0.3 is 9.64 Å². The van der Waals surface area contributed by atoms with Gasteiger partial charge in [0.25, 0.3) is 5.91 Å². The van der Waals surface area contributed by atoms with E-state index in [9.17, 15) is 13.2 Å². The molecule has 3 aliphatic heterocycles. The number of thioether (sulfide) groups is 1. The second kappa shape index (κ2) is 11.3. The van der Waals surface area contributed by atoms with E-state index in [4.69, 9.17) is 9.84 Å². The Morgan fingerprint density at radius 1 is 1.05 bits per heavy atom. The molecule has 0 N–H and O–H groups in total. The van der Waals surface area contributed by atoms with Crippen molar-refractivity contribution in [2.24, 2.45) is 10.9 Å². The fourth-order valence-corrected chi connectivity index (χ4v) is 7.78. The lowest BCUT2D eigenvalue weighted by Crippen LogP contribution is -2.39. The van der Waals surface area contributed by atoms with Gasteiger partial charge in [0.15, 0.2) is 5.17 Å². The van der Waals surface area contributed by atoms with E-state index in [0.29, 0.717) is 72.2 Å². The van der Waals surface area contributed by atoms with Crippen LogP contribution in [0.4, 0.5) is 0 Å². The van der Waals surface area contributed by atoms with Gasteiger partial charge in [0.05, 0.1) is 28.7 Å². The molecule has 11 heteroatoms. The molecule has 2 saturated heterocycles. The highest BCUT2D eigenvalue weighted by molar-refractivity contribution is 8.18. The van der Waals surface area contributed by atoms with Gasteiger partial charge in [-0.25, -0.2) is 13.1 Å². The number of morpholine rings is 1. The molecule has 1 atom stereocenters. The first-order valence-electron chi connectivity index (χ1n) is 13.5. The molecule has 9 nitrogen and oxygen atoms in total. The Morgan fingerprint density at radius 3 is 2.62 bits per heavy atom. The van der Waals surface area contributed by atoms with Crippen molar-refractivity contribution in [2.75, 3.05) is 39.4 Å². The molecular formula is C29H31N5O4S2. The fourth-order valence-electron chi connectivity index (χ4n) is 5.18. The molecule has 0 radical (unpaired) electrons. The van der Waals surface area contributed by atoms with Gasteiger partial charge in [-0.1, -0.05) is 37.3 Å². The third-order valence-corrected chi connectivity index (χ3v) is 10.2. The molecular weight excluding hydrogens is 546 g/mol. The Labute approximate surface area is 238 Å². The minimum atomic E-state index is -3.64. The number of benzene rings is 2. The Hall–Kier alpha value is -3.25. The van der Waals surface area contributed by atoms with E-state index in [0.717, 1.165) is 18.5 Å². The van der Waals surface area contributed by atoms with E-state index < -0.39 is 10.0 Å². The first-order chi connectivity index (χ1) is 19.4. The minimum Gasteiger partial charge on any atom is -0.378 e. The summed E-state index contributed by atoms with van der Waals surface area (Å²) in [6.45, 7) is 5.75. The SMILES string of the molecule is CC1CCCN(S(=O)(=O)c2cccc(-c3nn(-c4ccccc4)cc3/C=C3\SC(N4CCOCC4)=NC3=O)c2)C1. The fraction of sp³-hybridized carbons (Fsp3) is 0.345. The molecule has 0 bridgehead atoms. The zero-order valence-corrected chi connectivity index (χ0v) is 23.9. The molecule has 6 rings (SSSR count). The molecule has 0 spiro atoms. The van der Waals surface area contributed by atoms with Crippen LogP contribution in [0, 0.1) is 5.92 Å². The monoisotopic (exact) mass is 577 g/mol. The first-order valence-corrected chi connectivity index (χ1v) is 15.7. The molecule has 208 valence electrons. The van der Waals surface area contributed by atoms with Gasteiger partial charge in [0, 0.05) is 43.5 Å². The van der Waals surface area contributed by atoms with Crippen LogP contribution in [-0.4, -0.2) is 77.9 Å². The van der Waals surface area contributed by atoms with Crippen molar-refractivity contribution in [1.29, 1.82) is 0 Å². The Morgan fingerprint density at radius 2 is 1.85 bits per heavy atom. The molecule has 2 fully saturated rings. The molecule has 1 unspecified atom stereocenters. The van der Waals surface area contributed by atoms with E-state index in [1.807, 2.05) is 42.6 Å². The first kappa shape index (κ1) is 26.9. The number of piperidine rings is 1. The maximum atomic E-state index is 13.5. The summed E-state index contributed by atoms with van der Waals surface area (Å²) in [7, 11) is -3.64. The van der Waals surface area contributed by atoms with Crippen LogP contribution in [0.5, 0.6) is 0 Å². The van der Waals surface area contributed by atoms with Gasteiger partial charge in [-0.2, -0.15) is 14.4 Å².